The lowest BCUT2D eigenvalue weighted by atomic mass is 10.2. The molecule has 0 radical (unpaired) electrons. The van der Waals surface area contributed by atoms with Crippen molar-refractivity contribution in [3.63, 3.8) is 0 Å². The molecule has 1 fully saturated rings. The van der Waals surface area contributed by atoms with Gasteiger partial charge in [-0.05, 0) is 36.8 Å². The van der Waals surface area contributed by atoms with Gasteiger partial charge in [0.2, 0.25) is 0 Å². The summed E-state index contributed by atoms with van der Waals surface area (Å²) < 4.78 is 16.3. The molecule has 0 spiro atoms. The van der Waals surface area contributed by atoms with Crippen molar-refractivity contribution in [3.05, 3.63) is 45.9 Å². The van der Waals surface area contributed by atoms with Crippen molar-refractivity contribution >= 4 is 34.6 Å². The maximum atomic E-state index is 6.49. The third kappa shape index (κ3) is 4.92. The minimum absolute atomic E-state index is 0.550. The normalized spacial score (nSPS) is 14.1. The summed E-state index contributed by atoms with van der Waals surface area (Å²) >= 11 is 12.9. The van der Waals surface area contributed by atoms with Crippen LogP contribution < -0.4 is 19.7 Å². The Morgan fingerprint density at radius 1 is 1.07 bits per heavy atom. The van der Waals surface area contributed by atoms with Crippen molar-refractivity contribution in [2.75, 3.05) is 50.2 Å². The highest BCUT2D eigenvalue weighted by atomic mass is 35.5. The molecule has 0 unspecified atom stereocenters. The lowest BCUT2D eigenvalue weighted by Gasteiger charge is -2.29. The Kier molecular flexibility index (Phi) is 6.94. The molecule has 146 valence electrons. The molecule has 1 saturated heterocycles. The molecule has 27 heavy (non-hydrogen) atoms. The first-order valence-corrected chi connectivity index (χ1v) is 9.73. The lowest BCUT2D eigenvalue weighted by Crippen LogP contribution is -2.36. The molecule has 5 nitrogen and oxygen atoms in total. The summed E-state index contributed by atoms with van der Waals surface area (Å²) in [6.45, 7) is 6.20. The summed E-state index contributed by atoms with van der Waals surface area (Å²) in [5.74, 6) is 1.31. The summed E-state index contributed by atoms with van der Waals surface area (Å²) in [5, 5.41) is 4.71. The Balaban J connectivity index is 1.70. The molecule has 3 rings (SSSR count). The van der Waals surface area contributed by atoms with E-state index in [1.165, 1.54) is 0 Å². The van der Waals surface area contributed by atoms with Crippen LogP contribution in [0, 0.1) is 0 Å². The molecule has 2 aromatic carbocycles. The van der Waals surface area contributed by atoms with Crippen LogP contribution in [0.15, 0.2) is 30.3 Å². The van der Waals surface area contributed by atoms with E-state index >= 15 is 0 Å². The average molecular weight is 411 g/mol. The van der Waals surface area contributed by atoms with E-state index in [0.717, 1.165) is 48.3 Å². The third-order valence-electron chi connectivity index (χ3n) is 4.41. The minimum atomic E-state index is 0.550. The Bertz CT molecular complexity index is 780. The number of hydrogen-bond acceptors (Lipinski definition) is 5. The van der Waals surface area contributed by atoms with Crippen molar-refractivity contribution in [2.24, 2.45) is 0 Å². The van der Waals surface area contributed by atoms with Gasteiger partial charge < -0.3 is 24.4 Å². The van der Waals surface area contributed by atoms with Crippen LogP contribution in [0.1, 0.15) is 12.5 Å². The van der Waals surface area contributed by atoms with Gasteiger partial charge in [-0.1, -0.05) is 23.2 Å². The molecule has 1 aliphatic heterocycles. The summed E-state index contributed by atoms with van der Waals surface area (Å²) in [5.41, 5.74) is 2.89. The monoisotopic (exact) mass is 410 g/mol. The zero-order valence-corrected chi connectivity index (χ0v) is 17.1. The van der Waals surface area contributed by atoms with Crippen LogP contribution in [0.4, 0.5) is 11.4 Å². The molecule has 0 aromatic heterocycles. The SMILES string of the molecule is CCOc1cc(Cl)c(CNc2ccc(N3CCOCC3)c(Cl)c2)cc1OC. The largest absolute Gasteiger partial charge is 0.493 e. The quantitative estimate of drug-likeness (QED) is 0.706. The fraction of sp³-hybridized carbons (Fsp3) is 0.400. The summed E-state index contributed by atoms with van der Waals surface area (Å²) in [6.07, 6.45) is 0. The lowest BCUT2D eigenvalue weighted by molar-refractivity contribution is 0.122. The molecule has 0 atom stereocenters. The number of morpholine rings is 1. The summed E-state index contributed by atoms with van der Waals surface area (Å²) in [6, 6.07) is 9.68. The molecule has 0 saturated carbocycles. The number of methoxy groups -OCH3 is 1. The summed E-state index contributed by atoms with van der Waals surface area (Å²) in [4.78, 5) is 2.24. The number of anilines is 2. The first kappa shape index (κ1) is 19.9. The Morgan fingerprint density at radius 3 is 2.52 bits per heavy atom. The number of nitrogens with one attached hydrogen (secondary N) is 1. The highest BCUT2D eigenvalue weighted by Crippen LogP contribution is 2.34. The predicted octanol–water partition coefficient (Wildman–Crippen LogP) is 4.85. The number of benzene rings is 2. The van der Waals surface area contributed by atoms with Crippen molar-refractivity contribution in [1.29, 1.82) is 0 Å². The maximum Gasteiger partial charge on any atom is 0.162 e. The zero-order valence-electron chi connectivity index (χ0n) is 15.6. The van der Waals surface area contributed by atoms with Crippen molar-refractivity contribution in [3.8, 4) is 11.5 Å². The van der Waals surface area contributed by atoms with Gasteiger partial charge in [0.05, 0.1) is 37.6 Å². The molecular formula is C20H24Cl2N2O3. The van der Waals surface area contributed by atoms with Crippen molar-refractivity contribution < 1.29 is 14.2 Å². The minimum Gasteiger partial charge on any atom is -0.493 e. The Labute approximate surface area is 170 Å². The highest BCUT2D eigenvalue weighted by Gasteiger charge is 2.15. The second-order valence-electron chi connectivity index (χ2n) is 6.15. The average Bonchev–Trinajstić information content (AvgIpc) is 2.68. The second-order valence-corrected chi connectivity index (χ2v) is 6.96. The van der Waals surface area contributed by atoms with E-state index in [2.05, 4.69) is 10.2 Å². The molecule has 2 aromatic rings. The highest BCUT2D eigenvalue weighted by molar-refractivity contribution is 6.33. The van der Waals surface area contributed by atoms with Crippen molar-refractivity contribution in [2.45, 2.75) is 13.5 Å². The first-order valence-electron chi connectivity index (χ1n) is 8.97. The van der Waals surface area contributed by atoms with Gasteiger partial charge >= 0.3 is 0 Å². The number of rotatable bonds is 7. The first-order chi connectivity index (χ1) is 13.1. The van der Waals surface area contributed by atoms with Crippen LogP contribution in [-0.2, 0) is 11.3 Å². The van der Waals surface area contributed by atoms with Crippen LogP contribution in [-0.4, -0.2) is 40.0 Å². The number of nitrogens with zero attached hydrogens (tertiary/aromatic N) is 1. The van der Waals surface area contributed by atoms with Crippen LogP contribution in [0.5, 0.6) is 11.5 Å². The number of hydrogen-bond donors (Lipinski definition) is 1. The third-order valence-corrected chi connectivity index (χ3v) is 5.07. The van der Waals surface area contributed by atoms with Crippen LogP contribution in [0.2, 0.25) is 10.0 Å². The van der Waals surface area contributed by atoms with E-state index in [4.69, 9.17) is 37.4 Å². The molecular weight excluding hydrogens is 387 g/mol. The standard InChI is InChI=1S/C20H24Cl2N2O3/c1-3-27-20-12-16(21)14(10-19(20)25-2)13-23-15-4-5-18(17(22)11-15)24-6-8-26-9-7-24/h4-5,10-12,23H,3,6-9,13H2,1-2H3. The van der Waals surface area contributed by atoms with Crippen LogP contribution in [0.25, 0.3) is 0 Å². The van der Waals surface area contributed by atoms with E-state index in [0.29, 0.717) is 29.7 Å². The Hall–Kier alpha value is -1.82. The van der Waals surface area contributed by atoms with Crippen molar-refractivity contribution in [1.82, 2.24) is 0 Å². The second kappa shape index (κ2) is 9.40. The fourth-order valence-electron chi connectivity index (χ4n) is 3.02. The fourth-order valence-corrected chi connectivity index (χ4v) is 3.54. The molecule has 0 bridgehead atoms. The van der Waals surface area contributed by atoms with Gasteiger partial charge in [0, 0.05) is 36.4 Å². The van der Waals surface area contributed by atoms with Crippen LogP contribution in [0.3, 0.4) is 0 Å². The van der Waals surface area contributed by atoms with Gasteiger partial charge in [0.15, 0.2) is 11.5 Å². The van der Waals surface area contributed by atoms with E-state index in [-0.39, 0.29) is 0 Å². The maximum absolute atomic E-state index is 6.49. The van der Waals surface area contributed by atoms with Gasteiger partial charge in [-0.2, -0.15) is 0 Å². The topological polar surface area (TPSA) is 43.0 Å². The molecule has 1 aliphatic rings. The van der Waals surface area contributed by atoms with E-state index in [1.807, 2.05) is 31.2 Å². The van der Waals surface area contributed by atoms with Gasteiger partial charge in [0.1, 0.15) is 0 Å². The zero-order chi connectivity index (χ0) is 19.2. The molecule has 0 amide bonds. The molecule has 0 aliphatic carbocycles. The smallest absolute Gasteiger partial charge is 0.162 e. The van der Waals surface area contributed by atoms with E-state index < -0.39 is 0 Å². The number of ether oxygens (including phenoxy) is 3. The van der Waals surface area contributed by atoms with E-state index in [1.54, 1.807) is 13.2 Å². The molecule has 1 heterocycles. The number of halogens is 2. The van der Waals surface area contributed by atoms with Gasteiger partial charge in [-0.25, -0.2) is 0 Å². The summed E-state index contributed by atoms with van der Waals surface area (Å²) in [7, 11) is 1.62. The van der Waals surface area contributed by atoms with Gasteiger partial charge in [-0.15, -0.1) is 0 Å². The molecule has 1 N–H and O–H groups in total. The van der Waals surface area contributed by atoms with E-state index in [9.17, 15) is 0 Å². The Morgan fingerprint density at radius 2 is 1.85 bits per heavy atom. The van der Waals surface area contributed by atoms with Gasteiger partial charge in [-0.3, -0.25) is 0 Å². The molecule has 7 heteroatoms. The van der Waals surface area contributed by atoms with Crippen LogP contribution >= 0.6 is 23.2 Å². The van der Waals surface area contributed by atoms with Gasteiger partial charge in [0.25, 0.3) is 0 Å². The predicted molar refractivity (Wildman–Crippen MR) is 111 cm³/mol.